The molecule has 0 spiro atoms. The molecule has 1 aliphatic heterocycles. The lowest BCUT2D eigenvalue weighted by Gasteiger charge is -2.28. The minimum Gasteiger partial charge on any atom is -0.506 e. The number of phenolic OH excluding ortho intramolecular Hbond substituents is 1. The van der Waals surface area contributed by atoms with E-state index in [0.717, 1.165) is 10.9 Å². The van der Waals surface area contributed by atoms with Gasteiger partial charge in [0.25, 0.3) is 5.56 Å². The first-order valence-electron chi connectivity index (χ1n) is 11.8. The summed E-state index contributed by atoms with van der Waals surface area (Å²) in [7, 11) is 0. The van der Waals surface area contributed by atoms with Gasteiger partial charge < -0.3 is 18.8 Å². The zero-order chi connectivity index (χ0) is 25.9. The molecule has 184 valence electrons. The zero-order valence-electron chi connectivity index (χ0n) is 20.4. The first-order valence-corrected chi connectivity index (χ1v) is 11.8. The third-order valence-corrected chi connectivity index (χ3v) is 6.59. The van der Waals surface area contributed by atoms with Crippen molar-refractivity contribution in [2.75, 3.05) is 0 Å². The standard InChI is InChI=1S/C28H25NO7/c1-13(2)12-29-19-8-6-5-7-16(19)10-18(28(29)34)17-11-21(32)36-27-23(15(4)30)25(33)22-14(3)9-20(31)35-26(22)24(17)27/h5-10,13,17,33H,11-12H2,1-4H3/t17-/m1/s1. The predicted octanol–water partition coefficient (Wildman–Crippen LogP) is 4.42. The van der Waals surface area contributed by atoms with Gasteiger partial charge in [-0.05, 0) is 42.8 Å². The number of carbonyl (C=O) groups excluding carboxylic acids is 2. The average Bonchev–Trinajstić information content (AvgIpc) is 2.79. The lowest BCUT2D eigenvalue weighted by molar-refractivity contribution is -0.135. The van der Waals surface area contributed by atoms with Gasteiger partial charge in [-0.3, -0.25) is 14.4 Å². The molecule has 2 aromatic carbocycles. The van der Waals surface area contributed by atoms with Crippen molar-refractivity contribution in [2.24, 2.45) is 5.92 Å². The van der Waals surface area contributed by atoms with Gasteiger partial charge in [0.15, 0.2) is 11.5 Å². The summed E-state index contributed by atoms with van der Waals surface area (Å²) in [4.78, 5) is 51.7. The number of benzene rings is 2. The van der Waals surface area contributed by atoms with E-state index in [1.807, 2.05) is 38.1 Å². The summed E-state index contributed by atoms with van der Waals surface area (Å²) in [6.45, 7) is 7.34. The fourth-order valence-corrected chi connectivity index (χ4v) is 5.15. The van der Waals surface area contributed by atoms with E-state index in [0.29, 0.717) is 17.7 Å². The van der Waals surface area contributed by atoms with E-state index >= 15 is 0 Å². The van der Waals surface area contributed by atoms with Crippen molar-refractivity contribution in [1.29, 1.82) is 0 Å². The van der Waals surface area contributed by atoms with E-state index in [1.165, 1.54) is 13.0 Å². The van der Waals surface area contributed by atoms with Gasteiger partial charge in [0.1, 0.15) is 16.9 Å². The summed E-state index contributed by atoms with van der Waals surface area (Å²) in [5.41, 5.74) is 0.581. The number of esters is 1. The number of ketones is 1. The summed E-state index contributed by atoms with van der Waals surface area (Å²) in [6.07, 6.45) is -0.197. The summed E-state index contributed by atoms with van der Waals surface area (Å²) in [5, 5.41) is 12.0. The highest BCUT2D eigenvalue weighted by molar-refractivity contribution is 6.09. The van der Waals surface area contributed by atoms with E-state index in [-0.39, 0.29) is 45.7 Å². The Morgan fingerprint density at radius 1 is 1.17 bits per heavy atom. The number of aryl methyl sites for hydroxylation is 1. The van der Waals surface area contributed by atoms with Gasteiger partial charge in [-0.2, -0.15) is 0 Å². The number of para-hydroxylation sites is 1. The number of rotatable bonds is 4. The maximum absolute atomic E-state index is 13.9. The SMILES string of the molecule is CC(=O)c1c2c(c3oc(=O)cc(C)c3c1O)[C@@H](c1cc3ccccc3n(CC(C)C)c1=O)CC(=O)O2. The van der Waals surface area contributed by atoms with Crippen LogP contribution in [0.1, 0.15) is 60.2 Å². The molecule has 0 saturated heterocycles. The smallest absolute Gasteiger partial charge is 0.336 e. The van der Waals surface area contributed by atoms with Crippen molar-refractivity contribution in [3.05, 3.63) is 79.4 Å². The van der Waals surface area contributed by atoms with Crippen molar-refractivity contribution in [3.8, 4) is 11.5 Å². The van der Waals surface area contributed by atoms with Gasteiger partial charge in [0.05, 0.1) is 17.3 Å². The Kier molecular flexibility index (Phi) is 5.54. The maximum Gasteiger partial charge on any atom is 0.336 e. The number of pyridine rings is 1. The second-order valence-corrected chi connectivity index (χ2v) is 9.67. The van der Waals surface area contributed by atoms with Crippen molar-refractivity contribution in [2.45, 2.75) is 46.6 Å². The quantitative estimate of drug-likeness (QED) is 0.196. The highest BCUT2D eigenvalue weighted by Crippen LogP contribution is 2.49. The molecule has 0 unspecified atom stereocenters. The molecule has 1 N–H and O–H groups in total. The van der Waals surface area contributed by atoms with Gasteiger partial charge in [-0.15, -0.1) is 0 Å². The topological polar surface area (TPSA) is 116 Å². The summed E-state index contributed by atoms with van der Waals surface area (Å²) >= 11 is 0. The van der Waals surface area contributed by atoms with Crippen LogP contribution in [0.25, 0.3) is 21.9 Å². The van der Waals surface area contributed by atoms with Crippen molar-refractivity contribution >= 4 is 33.6 Å². The van der Waals surface area contributed by atoms with Gasteiger partial charge >= 0.3 is 11.6 Å². The Morgan fingerprint density at radius 2 is 1.89 bits per heavy atom. The minimum atomic E-state index is -0.858. The fourth-order valence-electron chi connectivity index (χ4n) is 5.15. The molecule has 5 rings (SSSR count). The lowest BCUT2D eigenvalue weighted by atomic mass is 9.82. The Labute approximate surface area is 205 Å². The van der Waals surface area contributed by atoms with Gasteiger partial charge in [0.2, 0.25) is 0 Å². The monoisotopic (exact) mass is 487 g/mol. The van der Waals surface area contributed by atoms with Gasteiger partial charge in [-0.25, -0.2) is 4.79 Å². The van der Waals surface area contributed by atoms with Crippen LogP contribution in [0.3, 0.4) is 0 Å². The summed E-state index contributed by atoms with van der Waals surface area (Å²) < 4.78 is 12.7. The molecule has 0 aliphatic carbocycles. The third kappa shape index (κ3) is 3.61. The lowest BCUT2D eigenvalue weighted by Crippen LogP contribution is -2.31. The van der Waals surface area contributed by atoms with Gasteiger partial charge in [-0.1, -0.05) is 32.0 Å². The molecule has 0 bridgehead atoms. The molecule has 1 atom stereocenters. The molecule has 0 fully saturated rings. The minimum absolute atomic E-state index is 0.00188. The molecule has 8 heteroatoms. The normalized spacial score (nSPS) is 15.4. The highest BCUT2D eigenvalue weighted by Gasteiger charge is 2.38. The Hall–Kier alpha value is -4.20. The fraction of sp³-hybridized carbons (Fsp3) is 0.286. The molecule has 36 heavy (non-hydrogen) atoms. The maximum atomic E-state index is 13.9. The van der Waals surface area contributed by atoms with Gasteiger partial charge in [0, 0.05) is 29.7 Å². The number of aromatic nitrogens is 1. The molecule has 0 amide bonds. The second kappa shape index (κ2) is 8.48. The van der Waals surface area contributed by atoms with E-state index in [9.17, 15) is 24.3 Å². The summed E-state index contributed by atoms with van der Waals surface area (Å²) in [6, 6.07) is 10.4. The van der Waals surface area contributed by atoms with Crippen molar-refractivity contribution < 1.29 is 23.8 Å². The number of hydrogen-bond acceptors (Lipinski definition) is 7. The van der Waals surface area contributed by atoms with Crippen LogP contribution in [0.5, 0.6) is 11.5 Å². The van der Waals surface area contributed by atoms with Crippen LogP contribution in [-0.4, -0.2) is 21.4 Å². The molecule has 0 radical (unpaired) electrons. The first-order chi connectivity index (χ1) is 17.1. The number of aromatic hydroxyl groups is 1. The van der Waals surface area contributed by atoms with Crippen LogP contribution in [0.15, 0.2) is 50.4 Å². The van der Waals surface area contributed by atoms with E-state index < -0.39 is 29.0 Å². The molecule has 2 aromatic heterocycles. The van der Waals surface area contributed by atoms with Crippen LogP contribution < -0.4 is 15.9 Å². The summed E-state index contributed by atoms with van der Waals surface area (Å²) in [5.74, 6) is -2.48. The Morgan fingerprint density at radius 3 is 2.58 bits per heavy atom. The predicted molar refractivity (Wildman–Crippen MR) is 134 cm³/mol. The van der Waals surface area contributed by atoms with Crippen LogP contribution in [0, 0.1) is 12.8 Å². The van der Waals surface area contributed by atoms with Crippen molar-refractivity contribution in [3.63, 3.8) is 0 Å². The number of fused-ring (bicyclic) bond motifs is 4. The largest absolute Gasteiger partial charge is 0.506 e. The van der Waals surface area contributed by atoms with E-state index in [2.05, 4.69) is 0 Å². The molecule has 0 saturated carbocycles. The number of hydrogen-bond donors (Lipinski definition) is 1. The molecule has 1 aliphatic rings. The third-order valence-electron chi connectivity index (χ3n) is 6.59. The first kappa shape index (κ1) is 23.5. The molecular weight excluding hydrogens is 462 g/mol. The molecular formula is C28H25NO7. The molecule has 3 heterocycles. The van der Waals surface area contributed by atoms with Crippen LogP contribution in [0.4, 0.5) is 0 Å². The highest BCUT2D eigenvalue weighted by atomic mass is 16.5. The van der Waals surface area contributed by atoms with Crippen molar-refractivity contribution in [1.82, 2.24) is 4.57 Å². The Bertz CT molecular complexity index is 1710. The van der Waals surface area contributed by atoms with Crippen LogP contribution in [-0.2, 0) is 11.3 Å². The molecule has 4 aromatic rings. The number of phenols is 1. The Balaban J connectivity index is 1.94. The number of carbonyl (C=O) groups is 2. The van der Waals surface area contributed by atoms with E-state index in [1.54, 1.807) is 17.6 Å². The number of nitrogens with zero attached hydrogens (tertiary/aromatic N) is 1. The molecule has 8 nitrogen and oxygen atoms in total. The van der Waals surface area contributed by atoms with Crippen LogP contribution >= 0.6 is 0 Å². The number of ether oxygens (including phenoxy) is 1. The zero-order valence-corrected chi connectivity index (χ0v) is 20.4. The van der Waals surface area contributed by atoms with E-state index in [4.69, 9.17) is 9.15 Å². The van der Waals surface area contributed by atoms with Crippen LogP contribution in [0.2, 0.25) is 0 Å². The average molecular weight is 488 g/mol. The number of Topliss-reactive ketones (excluding diaryl/α,β-unsaturated/α-hetero) is 1. The second-order valence-electron chi connectivity index (χ2n) is 9.67.